The number of hydrogen-bond acceptors (Lipinski definition) is 7. The molecule has 5 rings (SSSR count). The van der Waals surface area contributed by atoms with Gasteiger partial charge in [-0.25, -0.2) is 8.42 Å². The molecule has 0 bridgehead atoms. The third kappa shape index (κ3) is 4.74. The lowest BCUT2D eigenvalue weighted by Crippen LogP contribution is -2.48. The number of piperazine rings is 1. The van der Waals surface area contributed by atoms with Crippen LogP contribution in [0.15, 0.2) is 48.9 Å². The van der Waals surface area contributed by atoms with Crippen molar-refractivity contribution < 1.29 is 13.2 Å². The van der Waals surface area contributed by atoms with Crippen LogP contribution in [0.4, 0.5) is 11.4 Å². The van der Waals surface area contributed by atoms with Crippen molar-refractivity contribution in [1.82, 2.24) is 24.1 Å². The maximum Gasteiger partial charge on any atom is 0.274 e. The van der Waals surface area contributed by atoms with Gasteiger partial charge < -0.3 is 14.8 Å². The van der Waals surface area contributed by atoms with E-state index in [2.05, 4.69) is 30.0 Å². The van der Waals surface area contributed by atoms with Crippen molar-refractivity contribution in [2.24, 2.45) is 0 Å². The molecule has 33 heavy (non-hydrogen) atoms. The maximum atomic E-state index is 12.9. The molecule has 2 fully saturated rings. The molecule has 2 aliphatic rings. The molecular weight excluding hydrogens is 442 g/mol. The summed E-state index contributed by atoms with van der Waals surface area (Å²) in [4.78, 5) is 19.2. The van der Waals surface area contributed by atoms with Gasteiger partial charge >= 0.3 is 0 Å². The van der Waals surface area contributed by atoms with Crippen molar-refractivity contribution in [3.05, 3.63) is 54.6 Å². The van der Waals surface area contributed by atoms with Crippen molar-refractivity contribution >= 4 is 27.3 Å². The summed E-state index contributed by atoms with van der Waals surface area (Å²) < 4.78 is 27.0. The van der Waals surface area contributed by atoms with Crippen LogP contribution in [0.2, 0.25) is 0 Å². The number of hydrogen-bond donors (Lipinski definition) is 1. The largest absolute Gasteiger partial charge is 0.369 e. The number of nitrogens with one attached hydrogen (secondary N) is 1. The zero-order valence-corrected chi connectivity index (χ0v) is 19.1. The molecular formula is C22H25N7O3S. The lowest BCUT2D eigenvalue weighted by molar-refractivity contribution is 0.102. The van der Waals surface area contributed by atoms with Crippen LogP contribution < -0.4 is 10.2 Å². The molecule has 0 atom stereocenters. The molecule has 3 aromatic rings. The third-order valence-corrected chi connectivity index (χ3v) is 7.24. The Labute approximate surface area is 192 Å². The molecule has 0 unspecified atom stereocenters. The van der Waals surface area contributed by atoms with Crippen LogP contribution in [-0.4, -0.2) is 70.8 Å². The van der Waals surface area contributed by atoms with Crippen LogP contribution in [0.25, 0.3) is 11.4 Å². The van der Waals surface area contributed by atoms with E-state index in [1.807, 2.05) is 30.3 Å². The van der Waals surface area contributed by atoms with Crippen molar-refractivity contribution in [2.75, 3.05) is 42.7 Å². The summed E-state index contributed by atoms with van der Waals surface area (Å²) in [6.45, 7) is 1.95. The van der Waals surface area contributed by atoms with Crippen LogP contribution >= 0.6 is 0 Å². The molecule has 1 N–H and O–H groups in total. The number of aromatic nitrogens is 4. The van der Waals surface area contributed by atoms with Crippen molar-refractivity contribution in [3.63, 3.8) is 0 Å². The molecule has 0 radical (unpaired) electrons. The fourth-order valence-electron chi connectivity index (χ4n) is 4.02. The molecule has 1 aliphatic heterocycles. The van der Waals surface area contributed by atoms with Crippen LogP contribution in [0.5, 0.6) is 0 Å². The molecule has 10 nitrogen and oxygen atoms in total. The van der Waals surface area contributed by atoms with Gasteiger partial charge in [0.15, 0.2) is 5.82 Å². The normalized spacial score (nSPS) is 17.2. The summed E-state index contributed by atoms with van der Waals surface area (Å²) >= 11 is 0. The van der Waals surface area contributed by atoms with Crippen molar-refractivity contribution in [1.29, 1.82) is 0 Å². The highest BCUT2D eigenvalue weighted by Crippen LogP contribution is 2.37. The van der Waals surface area contributed by atoms with Gasteiger partial charge in [0, 0.05) is 55.4 Å². The zero-order chi connectivity index (χ0) is 23.0. The molecule has 1 amide bonds. The minimum Gasteiger partial charge on any atom is -0.369 e. The molecule has 2 aromatic heterocycles. The van der Waals surface area contributed by atoms with E-state index in [-0.39, 0.29) is 5.91 Å². The molecule has 11 heteroatoms. The third-order valence-electron chi connectivity index (χ3n) is 5.94. The van der Waals surface area contributed by atoms with Gasteiger partial charge in [-0.05, 0) is 37.1 Å². The van der Waals surface area contributed by atoms with Gasteiger partial charge in [-0.1, -0.05) is 12.1 Å². The van der Waals surface area contributed by atoms with Gasteiger partial charge in [0.1, 0.15) is 12.0 Å². The Morgan fingerprint density at radius 2 is 1.88 bits per heavy atom. The van der Waals surface area contributed by atoms with Gasteiger partial charge in [0.05, 0.1) is 6.26 Å². The summed E-state index contributed by atoms with van der Waals surface area (Å²) in [6, 6.07) is 11.6. The highest BCUT2D eigenvalue weighted by atomic mass is 32.2. The molecule has 1 saturated carbocycles. The number of anilines is 2. The minimum atomic E-state index is -3.19. The van der Waals surface area contributed by atoms with E-state index in [4.69, 9.17) is 0 Å². The summed E-state index contributed by atoms with van der Waals surface area (Å²) in [6.07, 6.45) is 6.84. The Kier molecular flexibility index (Phi) is 5.59. The van der Waals surface area contributed by atoms with Gasteiger partial charge in [0.2, 0.25) is 10.0 Å². The summed E-state index contributed by atoms with van der Waals surface area (Å²) in [7, 11) is -3.19. The lowest BCUT2D eigenvalue weighted by atomic mass is 10.1. The monoisotopic (exact) mass is 467 g/mol. The first-order chi connectivity index (χ1) is 15.9. The average Bonchev–Trinajstić information content (AvgIpc) is 3.55. The number of nitrogens with zero attached hydrogens (tertiary/aromatic N) is 6. The van der Waals surface area contributed by atoms with Crippen LogP contribution in [-0.2, 0) is 10.0 Å². The predicted molar refractivity (Wildman–Crippen MR) is 125 cm³/mol. The van der Waals surface area contributed by atoms with E-state index in [9.17, 15) is 13.2 Å². The fraction of sp³-hybridized carbons (Fsp3) is 0.364. The van der Waals surface area contributed by atoms with E-state index in [1.165, 1.54) is 10.6 Å². The fourth-order valence-corrected chi connectivity index (χ4v) is 4.85. The summed E-state index contributed by atoms with van der Waals surface area (Å²) in [5.74, 6) is 0.481. The highest BCUT2D eigenvalue weighted by Gasteiger charge is 2.27. The number of rotatable bonds is 6. The lowest BCUT2D eigenvalue weighted by Gasteiger charge is -2.34. The second-order valence-electron chi connectivity index (χ2n) is 8.38. The highest BCUT2D eigenvalue weighted by molar-refractivity contribution is 7.88. The zero-order valence-electron chi connectivity index (χ0n) is 18.3. The van der Waals surface area contributed by atoms with Gasteiger partial charge in [-0.3, -0.25) is 9.78 Å². The van der Waals surface area contributed by atoms with Crippen LogP contribution in [0, 0.1) is 0 Å². The summed E-state index contributed by atoms with van der Waals surface area (Å²) in [5.41, 5.74) is 2.68. The number of carbonyl (C=O) groups excluding carboxylic acids is 1. The standard InChI is InChI=1S/C22H25N7O3S/c1-33(31,32)28-11-9-27(10-12-28)19-7-8-23-20(14-19)22(30)25-17-4-2-3-16(13-17)21-26-24-15-29(21)18-5-6-18/h2-4,7-8,13-15,18H,5-6,9-12H2,1H3,(H,25,30). The first kappa shape index (κ1) is 21.5. The number of pyridine rings is 1. The Morgan fingerprint density at radius 3 is 2.61 bits per heavy atom. The second-order valence-corrected chi connectivity index (χ2v) is 10.4. The van der Waals surface area contributed by atoms with Crippen molar-refractivity contribution in [2.45, 2.75) is 18.9 Å². The summed E-state index contributed by atoms with van der Waals surface area (Å²) in [5, 5.41) is 11.2. The molecule has 1 aromatic carbocycles. The first-order valence-corrected chi connectivity index (χ1v) is 12.7. The van der Waals surface area contributed by atoms with E-state index in [1.54, 1.807) is 18.6 Å². The average molecular weight is 468 g/mol. The topological polar surface area (TPSA) is 113 Å². The quantitative estimate of drug-likeness (QED) is 0.590. The van der Waals surface area contributed by atoms with Gasteiger partial charge in [-0.15, -0.1) is 10.2 Å². The van der Waals surface area contributed by atoms with E-state index in [0.29, 0.717) is 43.6 Å². The smallest absolute Gasteiger partial charge is 0.274 e. The Balaban J connectivity index is 1.29. The number of amides is 1. The molecule has 1 aliphatic carbocycles. The predicted octanol–water partition coefficient (Wildman–Crippen LogP) is 2.01. The minimum absolute atomic E-state index is 0.296. The van der Waals surface area contributed by atoms with Crippen LogP contribution in [0.1, 0.15) is 29.4 Å². The van der Waals surface area contributed by atoms with Gasteiger partial charge in [-0.2, -0.15) is 4.31 Å². The first-order valence-electron chi connectivity index (χ1n) is 10.9. The molecule has 0 spiro atoms. The SMILES string of the molecule is CS(=O)(=O)N1CCN(c2ccnc(C(=O)Nc3cccc(-c4nncn4C4CC4)c3)c2)CC1. The van der Waals surface area contributed by atoms with Crippen molar-refractivity contribution in [3.8, 4) is 11.4 Å². The maximum absolute atomic E-state index is 12.9. The second kappa shape index (κ2) is 8.56. The van der Waals surface area contributed by atoms with E-state index in [0.717, 1.165) is 29.9 Å². The number of sulfonamides is 1. The Morgan fingerprint density at radius 1 is 1.09 bits per heavy atom. The molecule has 1 saturated heterocycles. The van der Waals surface area contributed by atoms with E-state index >= 15 is 0 Å². The van der Waals surface area contributed by atoms with Gasteiger partial charge in [0.25, 0.3) is 5.91 Å². The number of benzene rings is 1. The Bertz CT molecular complexity index is 1280. The van der Waals surface area contributed by atoms with E-state index < -0.39 is 10.0 Å². The Hall–Kier alpha value is -3.31. The number of carbonyl (C=O) groups is 1. The molecule has 172 valence electrons. The molecule has 3 heterocycles. The van der Waals surface area contributed by atoms with Crippen LogP contribution in [0.3, 0.4) is 0 Å².